The van der Waals surface area contributed by atoms with E-state index in [2.05, 4.69) is 32.9 Å². The number of benzene rings is 3. The van der Waals surface area contributed by atoms with E-state index in [4.69, 9.17) is 4.74 Å². The van der Waals surface area contributed by atoms with Gasteiger partial charge in [-0.3, -0.25) is 10.1 Å². The average molecular weight is 591 g/mol. The number of aromatic nitrogens is 1. The Bertz CT molecular complexity index is 1500. The number of fused-ring (bicyclic) bond motifs is 2. The van der Waals surface area contributed by atoms with Gasteiger partial charge in [0, 0.05) is 9.26 Å². The molecule has 2 heterocycles. The number of hydrogen-bond donors (Lipinski definition) is 1. The minimum absolute atomic E-state index is 0.228. The summed E-state index contributed by atoms with van der Waals surface area (Å²) in [6, 6.07) is 12.1. The van der Waals surface area contributed by atoms with Crippen LogP contribution in [0.15, 0.2) is 42.5 Å². The Kier molecular flexibility index (Phi) is 5.72. The molecule has 5 rings (SSSR count). The van der Waals surface area contributed by atoms with Crippen LogP contribution in [0.25, 0.3) is 10.2 Å². The maximum Gasteiger partial charge on any atom is 0.342 e. The predicted molar refractivity (Wildman–Crippen MR) is 135 cm³/mol. The zero-order valence-corrected chi connectivity index (χ0v) is 20.9. The first kappa shape index (κ1) is 22.7. The number of esters is 1. The fraction of sp³-hybridized carbons (Fsp3) is 0.125. The van der Waals surface area contributed by atoms with Crippen molar-refractivity contribution in [2.75, 3.05) is 16.9 Å². The molecule has 1 amide bonds. The number of anilines is 3. The van der Waals surface area contributed by atoms with Crippen LogP contribution in [-0.2, 0) is 4.74 Å². The van der Waals surface area contributed by atoms with Crippen molar-refractivity contribution in [3.63, 3.8) is 0 Å². The number of nitrogens with one attached hydrogen (secondary N) is 1. The molecule has 0 unspecified atom stereocenters. The normalized spacial score (nSPS) is 13.1. The number of hydrogen-bond acceptors (Lipinski definition) is 6. The number of carbonyl (C=O) groups excluding carboxylic acids is 2. The molecule has 10 heteroatoms. The Morgan fingerprint density at radius 1 is 1.15 bits per heavy atom. The summed E-state index contributed by atoms with van der Waals surface area (Å²) in [7, 11) is 0. The summed E-state index contributed by atoms with van der Waals surface area (Å²) in [5.41, 5.74) is 1.91. The van der Waals surface area contributed by atoms with Gasteiger partial charge >= 0.3 is 5.97 Å². The van der Waals surface area contributed by atoms with Gasteiger partial charge < -0.3 is 9.64 Å². The molecular formula is C24H16F2IN3O3S. The lowest BCUT2D eigenvalue weighted by molar-refractivity contribution is 0.0491. The molecule has 0 bridgehead atoms. The monoisotopic (exact) mass is 591 g/mol. The number of cyclic esters (lactones) is 1. The summed E-state index contributed by atoms with van der Waals surface area (Å²) in [6.07, 6.45) is 0. The van der Waals surface area contributed by atoms with Gasteiger partial charge in [0.05, 0.1) is 27.0 Å². The highest BCUT2D eigenvalue weighted by molar-refractivity contribution is 14.1. The molecule has 1 aliphatic rings. The molecule has 0 saturated heterocycles. The smallest absolute Gasteiger partial charge is 0.342 e. The lowest BCUT2D eigenvalue weighted by Gasteiger charge is -2.32. The zero-order chi connectivity index (χ0) is 24.1. The van der Waals surface area contributed by atoms with Crippen LogP contribution in [0.2, 0.25) is 0 Å². The first-order chi connectivity index (χ1) is 16.2. The molecule has 6 nitrogen and oxygen atoms in total. The van der Waals surface area contributed by atoms with E-state index in [9.17, 15) is 9.59 Å². The number of ether oxygens (including phenoxy) is 1. The molecule has 0 spiro atoms. The Hall–Kier alpha value is -3.12. The van der Waals surface area contributed by atoms with Crippen molar-refractivity contribution in [1.29, 1.82) is 0 Å². The number of para-hydroxylation sites is 1. The lowest BCUT2D eigenvalue weighted by Crippen LogP contribution is -2.33. The van der Waals surface area contributed by atoms with Crippen LogP contribution in [0, 0.1) is 29.1 Å². The van der Waals surface area contributed by atoms with Gasteiger partial charge in [-0.15, -0.1) is 0 Å². The van der Waals surface area contributed by atoms with E-state index in [0.29, 0.717) is 11.2 Å². The third-order valence-electron chi connectivity index (χ3n) is 5.53. The summed E-state index contributed by atoms with van der Waals surface area (Å²) in [5, 5.41) is 2.76. The number of rotatable bonds is 3. The van der Waals surface area contributed by atoms with Crippen LogP contribution in [0.4, 0.5) is 25.3 Å². The quantitative estimate of drug-likeness (QED) is 0.223. The fourth-order valence-corrected chi connectivity index (χ4v) is 5.47. The van der Waals surface area contributed by atoms with E-state index in [1.165, 1.54) is 16.2 Å². The summed E-state index contributed by atoms with van der Waals surface area (Å²) in [4.78, 5) is 31.1. The van der Waals surface area contributed by atoms with E-state index >= 15 is 8.78 Å². The topological polar surface area (TPSA) is 71.5 Å². The van der Waals surface area contributed by atoms with Crippen molar-refractivity contribution < 1.29 is 23.1 Å². The van der Waals surface area contributed by atoms with Gasteiger partial charge in [-0.1, -0.05) is 23.5 Å². The van der Waals surface area contributed by atoms with Crippen LogP contribution in [0.1, 0.15) is 31.8 Å². The Labute approximate surface area is 210 Å². The molecule has 34 heavy (non-hydrogen) atoms. The van der Waals surface area contributed by atoms with E-state index in [1.807, 2.05) is 44.2 Å². The second-order valence-corrected chi connectivity index (χ2v) is 10.0. The third kappa shape index (κ3) is 3.80. The van der Waals surface area contributed by atoms with Crippen molar-refractivity contribution >= 4 is 72.5 Å². The third-order valence-corrected chi connectivity index (χ3v) is 7.14. The van der Waals surface area contributed by atoms with Gasteiger partial charge in [0.15, 0.2) is 23.5 Å². The maximum absolute atomic E-state index is 15.4. The standard InChI is InChI=1S/C24H16F2IN3O3S/c1-11-4-3-5-17-20(11)28-24(34-17)29-22(31)14-9-15-21(19(26)18(14)25)30(10-33-23(15)32)16-7-6-13(27)8-12(16)2/h3-9H,10H2,1-2H3,(H,28,29,31). The molecule has 1 N–H and O–H groups in total. The Morgan fingerprint density at radius 2 is 1.94 bits per heavy atom. The molecule has 172 valence electrons. The molecule has 0 aliphatic carbocycles. The lowest BCUT2D eigenvalue weighted by atomic mass is 10.0. The van der Waals surface area contributed by atoms with Gasteiger partial charge in [-0.05, 0) is 77.9 Å². The van der Waals surface area contributed by atoms with Crippen molar-refractivity contribution in [1.82, 2.24) is 4.98 Å². The van der Waals surface area contributed by atoms with Crippen LogP contribution in [-0.4, -0.2) is 23.6 Å². The van der Waals surface area contributed by atoms with Crippen LogP contribution in [0.5, 0.6) is 0 Å². The van der Waals surface area contributed by atoms with Gasteiger partial charge in [0.2, 0.25) is 0 Å². The average Bonchev–Trinajstić information content (AvgIpc) is 3.21. The number of nitrogens with zero attached hydrogens (tertiary/aromatic N) is 2. The molecular weight excluding hydrogens is 575 g/mol. The number of halogens is 3. The Balaban J connectivity index is 1.55. The summed E-state index contributed by atoms with van der Waals surface area (Å²) >= 11 is 3.36. The van der Waals surface area contributed by atoms with Crippen LogP contribution >= 0.6 is 33.9 Å². The van der Waals surface area contributed by atoms with Crippen molar-refractivity contribution in [3.05, 3.63) is 79.9 Å². The molecule has 1 aliphatic heterocycles. The highest BCUT2D eigenvalue weighted by Gasteiger charge is 2.34. The highest BCUT2D eigenvalue weighted by atomic mass is 127. The maximum atomic E-state index is 15.4. The zero-order valence-electron chi connectivity index (χ0n) is 17.9. The first-order valence-corrected chi connectivity index (χ1v) is 12.0. The largest absolute Gasteiger partial charge is 0.440 e. The van der Waals surface area contributed by atoms with Gasteiger partial charge in [0.1, 0.15) is 0 Å². The SMILES string of the molecule is Cc1cc(I)ccc1N1COC(=O)c2cc(C(=O)Nc3nc4c(C)cccc4s3)c(F)c(F)c21. The van der Waals surface area contributed by atoms with E-state index in [0.717, 1.165) is 25.5 Å². The second-order valence-electron chi connectivity index (χ2n) is 7.76. The van der Waals surface area contributed by atoms with Crippen molar-refractivity contribution in [3.8, 4) is 0 Å². The van der Waals surface area contributed by atoms with E-state index < -0.39 is 29.1 Å². The fourth-order valence-electron chi connectivity index (χ4n) is 3.88. The molecule has 0 saturated carbocycles. The van der Waals surface area contributed by atoms with Gasteiger partial charge in [-0.25, -0.2) is 18.6 Å². The Morgan fingerprint density at radius 3 is 2.68 bits per heavy atom. The highest BCUT2D eigenvalue weighted by Crippen LogP contribution is 2.39. The summed E-state index contributed by atoms with van der Waals surface area (Å²) in [6.45, 7) is 3.43. The molecule has 0 atom stereocenters. The van der Waals surface area contributed by atoms with Crippen LogP contribution < -0.4 is 10.2 Å². The molecule has 0 fully saturated rings. The number of thiazole rings is 1. The molecule has 0 radical (unpaired) electrons. The minimum Gasteiger partial charge on any atom is -0.440 e. The van der Waals surface area contributed by atoms with Crippen molar-refractivity contribution in [2.24, 2.45) is 0 Å². The van der Waals surface area contributed by atoms with Gasteiger partial charge in [-0.2, -0.15) is 0 Å². The van der Waals surface area contributed by atoms with Crippen LogP contribution in [0.3, 0.4) is 0 Å². The second kappa shape index (κ2) is 8.58. The predicted octanol–water partition coefficient (Wildman–Crippen LogP) is 6.31. The molecule has 1 aromatic heterocycles. The number of amides is 1. The number of carbonyl (C=O) groups is 2. The van der Waals surface area contributed by atoms with Crippen molar-refractivity contribution in [2.45, 2.75) is 13.8 Å². The minimum atomic E-state index is -1.35. The van der Waals surface area contributed by atoms with E-state index in [1.54, 1.807) is 6.07 Å². The first-order valence-electron chi connectivity index (χ1n) is 10.1. The van der Waals surface area contributed by atoms with E-state index in [-0.39, 0.29) is 23.1 Å². The molecule has 4 aromatic rings. The summed E-state index contributed by atoms with van der Waals surface area (Å²) < 4.78 is 37.6. The number of aryl methyl sites for hydroxylation is 2. The van der Waals surface area contributed by atoms with Gasteiger partial charge in [0.25, 0.3) is 5.91 Å². The molecule has 3 aromatic carbocycles. The summed E-state index contributed by atoms with van der Waals surface area (Å²) in [5.74, 6) is -4.39.